The number of hydrogen-bond donors (Lipinski definition) is 3. The van der Waals surface area contributed by atoms with Crippen molar-refractivity contribution in [2.24, 2.45) is 5.14 Å². The van der Waals surface area contributed by atoms with Gasteiger partial charge in [-0.2, -0.15) is 0 Å². The second-order valence-electron chi connectivity index (χ2n) is 4.92. The van der Waals surface area contributed by atoms with E-state index in [1.807, 2.05) is 0 Å². The molecule has 20 heavy (non-hydrogen) atoms. The number of primary sulfonamides is 1. The number of rotatable bonds is 5. The normalized spacial score (nSPS) is 18.5. The molecule has 4 N–H and O–H groups in total. The quantitative estimate of drug-likeness (QED) is 0.676. The molecule has 1 aliphatic carbocycles. The molecule has 1 aromatic carbocycles. The Balaban J connectivity index is 2.21. The average Bonchev–Trinajstić information content (AvgIpc) is 2.33. The van der Waals surface area contributed by atoms with Crippen LogP contribution in [0.15, 0.2) is 34.1 Å². The van der Waals surface area contributed by atoms with Crippen LogP contribution in [0.3, 0.4) is 0 Å². The molecule has 7 nitrogen and oxygen atoms in total. The van der Waals surface area contributed by atoms with Gasteiger partial charge in [0.05, 0.1) is 15.4 Å². The van der Waals surface area contributed by atoms with E-state index in [-0.39, 0.29) is 16.3 Å². The average molecular weight is 320 g/mol. The van der Waals surface area contributed by atoms with Crippen LogP contribution in [0.25, 0.3) is 0 Å². The molecule has 9 heteroatoms. The summed E-state index contributed by atoms with van der Waals surface area (Å²) in [7, 11) is -7.85. The van der Waals surface area contributed by atoms with Crippen LogP contribution in [0.1, 0.15) is 19.3 Å². The van der Waals surface area contributed by atoms with Crippen molar-refractivity contribution in [1.82, 2.24) is 4.72 Å². The van der Waals surface area contributed by atoms with Gasteiger partial charge in [-0.15, -0.1) is 0 Å². The molecule has 112 valence electrons. The number of sulfonamides is 2. The van der Waals surface area contributed by atoms with E-state index in [2.05, 4.69) is 4.72 Å². The highest BCUT2D eigenvalue weighted by Crippen LogP contribution is 2.31. The van der Waals surface area contributed by atoms with E-state index in [1.165, 1.54) is 18.2 Å². The van der Waals surface area contributed by atoms with Crippen molar-refractivity contribution >= 4 is 20.0 Å². The van der Waals surface area contributed by atoms with Gasteiger partial charge in [0.15, 0.2) is 0 Å². The first kappa shape index (κ1) is 15.4. The van der Waals surface area contributed by atoms with Gasteiger partial charge >= 0.3 is 0 Å². The van der Waals surface area contributed by atoms with E-state index < -0.39 is 25.6 Å². The minimum absolute atomic E-state index is 0.0884. The molecule has 1 aliphatic rings. The summed E-state index contributed by atoms with van der Waals surface area (Å²) in [6, 6.07) is 4.77. The third-order valence-electron chi connectivity index (χ3n) is 3.32. The van der Waals surface area contributed by atoms with Crippen LogP contribution in [0.2, 0.25) is 0 Å². The number of nitrogens with two attached hydrogens (primary N) is 1. The molecule has 0 saturated heterocycles. The zero-order valence-electron chi connectivity index (χ0n) is 10.6. The Morgan fingerprint density at radius 1 is 1.20 bits per heavy atom. The minimum Gasteiger partial charge on any atom is -0.389 e. The number of hydrogen-bond acceptors (Lipinski definition) is 5. The van der Waals surface area contributed by atoms with Crippen molar-refractivity contribution in [2.45, 2.75) is 34.7 Å². The fourth-order valence-corrected chi connectivity index (χ4v) is 3.69. The molecule has 0 aromatic heterocycles. The summed E-state index contributed by atoms with van der Waals surface area (Å²) in [5.74, 6) is 0. The molecule has 0 heterocycles. The second kappa shape index (κ2) is 5.08. The Hall–Kier alpha value is -1.00. The van der Waals surface area contributed by atoms with E-state index >= 15 is 0 Å². The summed E-state index contributed by atoms with van der Waals surface area (Å²) in [5, 5.41) is 14.8. The van der Waals surface area contributed by atoms with Crippen molar-refractivity contribution in [3.05, 3.63) is 24.3 Å². The van der Waals surface area contributed by atoms with Crippen LogP contribution in [-0.2, 0) is 20.0 Å². The summed E-state index contributed by atoms with van der Waals surface area (Å²) < 4.78 is 48.8. The van der Waals surface area contributed by atoms with Crippen molar-refractivity contribution in [3.8, 4) is 0 Å². The molecule has 1 saturated carbocycles. The first-order valence-electron chi connectivity index (χ1n) is 5.97. The molecule has 0 spiro atoms. The zero-order valence-corrected chi connectivity index (χ0v) is 12.2. The highest BCUT2D eigenvalue weighted by Gasteiger charge is 2.35. The van der Waals surface area contributed by atoms with Gasteiger partial charge in [0.1, 0.15) is 0 Å². The molecular formula is C11H16N2O5S2. The third kappa shape index (κ3) is 3.36. The van der Waals surface area contributed by atoms with Gasteiger partial charge in [-0.05, 0) is 37.5 Å². The molecule has 0 aliphatic heterocycles. The van der Waals surface area contributed by atoms with Crippen LogP contribution in [-0.4, -0.2) is 34.1 Å². The molecule has 0 radical (unpaired) electrons. The van der Waals surface area contributed by atoms with Crippen LogP contribution in [0, 0.1) is 0 Å². The minimum atomic E-state index is -3.96. The van der Waals surface area contributed by atoms with Crippen LogP contribution in [0.5, 0.6) is 0 Å². The largest absolute Gasteiger partial charge is 0.389 e. The fraction of sp³-hybridized carbons (Fsp3) is 0.455. The lowest BCUT2D eigenvalue weighted by Crippen LogP contribution is -2.47. The van der Waals surface area contributed by atoms with E-state index in [0.717, 1.165) is 12.5 Å². The summed E-state index contributed by atoms with van der Waals surface area (Å²) in [6.45, 7) is -0.0884. The fourth-order valence-electron chi connectivity index (χ4n) is 1.89. The van der Waals surface area contributed by atoms with E-state index in [4.69, 9.17) is 5.14 Å². The lowest BCUT2D eigenvalue weighted by Gasteiger charge is -2.36. The van der Waals surface area contributed by atoms with Gasteiger partial charge in [-0.25, -0.2) is 26.7 Å². The van der Waals surface area contributed by atoms with Gasteiger partial charge in [0.25, 0.3) is 0 Å². The van der Waals surface area contributed by atoms with Gasteiger partial charge in [-0.1, -0.05) is 6.07 Å². The Labute approximate surface area is 117 Å². The molecule has 0 unspecified atom stereocenters. The highest BCUT2D eigenvalue weighted by molar-refractivity contribution is 7.90. The maximum atomic E-state index is 12.0. The SMILES string of the molecule is NS(=O)(=O)c1cccc(S(=O)(=O)NCC2(O)CCC2)c1. The zero-order chi connectivity index (χ0) is 15.0. The predicted octanol–water partition coefficient (Wildman–Crippen LogP) is -0.473. The summed E-state index contributed by atoms with van der Waals surface area (Å²) in [5.41, 5.74) is -0.995. The van der Waals surface area contributed by atoms with E-state index in [0.29, 0.717) is 12.8 Å². The molecule has 0 bridgehead atoms. The second-order valence-corrected chi connectivity index (χ2v) is 8.25. The summed E-state index contributed by atoms with van der Waals surface area (Å²) in [4.78, 5) is -0.477. The first-order valence-corrected chi connectivity index (χ1v) is 9.00. The van der Waals surface area contributed by atoms with Crippen LogP contribution in [0.4, 0.5) is 0 Å². The van der Waals surface area contributed by atoms with Crippen molar-refractivity contribution < 1.29 is 21.9 Å². The number of aliphatic hydroxyl groups is 1. The Morgan fingerprint density at radius 3 is 2.30 bits per heavy atom. The topological polar surface area (TPSA) is 127 Å². The Bertz CT molecular complexity index is 708. The lowest BCUT2D eigenvalue weighted by molar-refractivity contribution is -0.0270. The monoisotopic (exact) mass is 320 g/mol. The standard InChI is InChI=1S/C11H16N2O5S2/c12-19(15,16)9-3-1-4-10(7-9)20(17,18)13-8-11(14)5-2-6-11/h1,3-4,7,13-14H,2,5-6,8H2,(H2,12,15,16). The summed E-state index contributed by atoms with van der Waals surface area (Å²) >= 11 is 0. The van der Waals surface area contributed by atoms with Gasteiger partial charge in [0.2, 0.25) is 20.0 Å². The first-order chi connectivity index (χ1) is 9.12. The lowest BCUT2D eigenvalue weighted by atomic mass is 9.81. The molecular weight excluding hydrogens is 304 g/mol. The van der Waals surface area contributed by atoms with Crippen LogP contribution < -0.4 is 9.86 Å². The third-order valence-corrected chi connectivity index (χ3v) is 5.63. The van der Waals surface area contributed by atoms with E-state index in [9.17, 15) is 21.9 Å². The maximum Gasteiger partial charge on any atom is 0.240 e. The molecule has 0 amide bonds. The van der Waals surface area contributed by atoms with Crippen LogP contribution >= 0.6 is 0 Å². The molecule has 2 rings (SSSR count). The Morgan fingerprint density at radius 2 is 1.80 bits per heavy atom. The van der Waals surface area contributed by atoms with Crippen molar-refractivity contribution in [2.75, 3.05) is 6.54 Å². The molecule has 1 fully saturated rings. The van der Waals surface area contributed by atoms with Crippen molar-refractivity contribution in [1.29, 1.82) is 0 Å². The molecule has 1 aromatic rings. The Kier molecular flexibility index (Phi) is 3.91. The van der Waals surface area contributed by atoms with Gasteiger partial charge < -0.3 is 5.11 Å². The molecule has 0 atom stereocenters. The summed E-state index contributed by atoms with van der Waals surface area (Å²) in [6.07, 6.45) is 1.96. The number of nitrogens with one attached hydrogen (secondary N) is 1. The highest BCUT2D eigenvalue weighted by atomic mass is 32.2. The van der Waals surface area contributed by atoms with Gasteiger partial charge in [0, 0.05) is 6.54 Å². The number of benzene rings is 1. The van der Waals surface area contributed by atoms with Crippen molar-refractivity contribution in [3.63, 3.8) is 0 Å². The maximum absolute atomic E-state index is 12.0. The smallest absolute Gasteiger partial charge is 0.240 e. The van der Waals surface area contributed by atoms with E-state index in [1.54, 1.807) is 0 Å². The predicted molar refractivity (Wildman–Crippen MR) is 71.8 cm³/mol. The van der Waals surface area contributed by atoms with Gasteiger partial charge in [-0.3, -0.25) is 0 Å².